The first-order valence-electron chi connectivity index (χ1n) is 7.93. The maximum Gasteiger partial charge on any atom is 0.220 e. The summed E-state index contributed by atoms with van der Waals surface area (Å²) >= 11 is 0. The molecule has 0 radical (unpaired) electrons. The molecule has 0 aromatic carbocycles. The molecule has 5 heteroatoms. The Kier molecular flexibility index (Phi) is 7.41. The Labute approximate surface area is 122 Å². The van der Waals surface area contributed by atoms with Crippen molar-refractivity contribution in [3.63, 3.8) is 0 Å². The van der Waals surface area contributed by atoms with Crippen LogP contribution in [0, 0.1) is 0 Å². The molecule has 1 rings (SSSR count). The molecule has 1 aliphatic carbocycles. The van der Waals surface area contributed by atoms with Gasteiger partial charge in [0.05, 0.1) is 0 Å². The SMILES string of the molecule is CCCCCCCCC(=O)NC1(C(N)=NO)CCCC1. The highest BCUT2D eigenvalue weighted by Gasteiger charge is 2.39. The van der Waals surface area contributed by atoms with Crippen LogP contribution in [0.1, 0.15) is 77.6 Å². The van der Waals surface area contributed by atoms with Gasteiger partial charge in [0.25, 0.3) is 0 Å². The van der Waals surface area contributed by atoms with Gasteiger partial charge in [0.2, 0.25) is 5.91 Å². The molecule has 0 heterocycles. The second kappa shape index (κ2) is 8.82. The summed E-state index contributed by atoms with van der Waals surface area (Å²) in [5.74, 6) is 0.167. The van der Waals surface area contributed by atoms with Crippen LogP contribution in [0.5, 0.6) is 0 Å². The third-order valence-electron chi connectivity index (χ3n) is 4.19. The lowest BCUT2D eigenvalue weighted by Gasteiger charge is -2.28. The topological polar surface area (TPSA) is 87.7 Å². The predicted octanol–water partition coefficient (Wildman–Crippen LogP) is 2.91. The van der Waals surface area contributed by atoms with E-state index in [9.17, 15) is 4.79 Å². The van der Waals surface area contributed by atoms with Crippen molar-refractivity contribution in [1.82, 2.24) is 5.32 Å². The van der Waals surface area contributed by atoms with Crippen LogP contribution >= 0.6 is 0 Å². The van der Waals surface area contributed by atoms with Gasteiger partial charge in [0, 0.05) is 6.42 Å². The van der Waals surface area contributed by atoms with Gasteiger partial charge in [-0.3, -0.25) is 4.79 Å². The van der Waals surface area contributed by atoms with Gasteiger partial charge in [-0.05, 0) is 19.3 Å². The Morgan fingerprint density at radius 3 is 2.40 bits per heavy atom. The molecule has 0 aliphatic heterocycles. The second-order valence-electron chi connectivity index (χ2n) is 5.84. The Hall–Kier alpha value is -1.26. The first-order valence-corrected chi connectivity index (χ1v) is 7.93. The highest BCUT2D eigenvalue weighted by atomic mass is 16.4. The van der Waals surface area contributed by atoms with Crippen molar-refractivity contribution in [3.05, 3.63) is 0 Å². The highest BCUT2D eigenvalue weighted by Crippen LogP contribution is 2.30. The van der Waals surface area contributed by atoms with E-state index >= 15 is 0 Å². The minimum absolute atomic E-state index is 0.0222. The zero-order valence-corrected chi connectivity index (χ0v) is 12.7. The molecule has 4 N–H and O–H groups in total. The van der Waals surface area contributed by atoms with Crippen LogP contribution in [-0.4, -0.2) is 22.5 Å². The number of nitrogens with zero attached hydrogens (tertiary/aromatic N) is 1. The highest BCUT2D eigenvalue weighted by molar-refractivity contribution is 5.94. The summed E-state index contributed by atoms with van der Waals surface area (Å²) in [5, 5.41) is 15.0. The number of rotatable bonds is 9. The molecule has 1 saturated carbocycles. The van der Waals surface area contributed by atoms with Crippen molar-refractivity contribution in [2.24, 2.45) is 10.9 Å². The molecule has 116 valence electrons. The third-order valence-corrected chi connectivity index (χ3v) is 4.19. The van der Waals surface area contributed by atoms with E-state index in [1.165, 1.54) is 25.7 Å². The van der Waals surface area contributed by atoms with Crippen LogP contribution < -0.4 is 11.1 Å². The normalized spacial score (nSPS) is 18.1. The van der Waals surface area contributed by atoms with Crippen LogP contribution in [0.4, 0.5) is 0 Å². The molecule has 0 spiro atoms. The molecule has 0 aromatic rings. The summed E-state index contributed by atoms with van der Waals surface area (Å²) in [6.07, 6.45) is 11.1. The lowest BCUT2D eigenvalue weighted by Crippen LogP contribution is -2.55. The van der Waals surface area contributed by atoms with Gasteiger partial charge in [-0.25, -0.2) is 0 Å². The quantitative estimate of drug-likeness (QED) is 0.200. The van der Waals surface area contributed by atoms with Crippen molar-refractivity contribution in [2.45, 2.75) is 83.1 Å². The lowest BCUT2D eigenvalue weighted by molar-refractivity contribution is -0.122. The van der Waals surface area contributed by atoms with E-state index in [1.807, 2.05) is 0 Å². The molecule has 0 atom stereocenters. The molecular weight excluding hydrogens is 254 g/mol. The number of amidine groups is 1. The molecule has 1 amide bonds. The van der Waals surface area contributed by atoms with Gasteiger partial charge in [0.15, 0.2) is 5.84 Å². The van der Waals surface area contributed by atoms with E-state index < -0.39 is 5.54 Å². The molecule has 5 nitrogen and oxygen atoms in total. The van der Waals surface area contributed by atoms with Crippen LogP contribution in [0.25, 0.3) is 0 Å². The minimum atomic E-state index is -0.603. The van der Waals surface area contributed by atoms with Crippen molar-refractivity contribution < 1.29 is 10.0 Å². The third kappa shape index (κ3) is 5.02. The molecule has 0 unspecified atom stereocenters. The standard InChI is InChI=1S/C15H29N3O2/c1-2-3-4-5-6-7-10-13(19)17-15(14(16)18-20)11-8-9-12-15/h20H,2-12H2,1H3,(H2,16,18)(H,17,19). The molecule has 20 heavy (non-hydrogen) atoms. The Morgan fingerprint density at radius 2 is 1.80 bits per heavy atom. The van der Waals surface area contributed by atoms with E-state index in [0.29, 0.717) is 6.42 Å². The fourth-order valence-electron chi connectivity index (χ4n) is 2.91. The van der Waals surface area contributed by atoms with Gasteiger partial charge in [-0.2, -0.15) is 0 Å². The number of oxime groups is 1. The molecule has 1 aliphatic rings. The number of amides is 1. The number of carbonyl (C=O) groups is 1. The summed E-state index contributed by atoms with van der Waals surface area (Å²) in [6.45, 7) is 2.20. The molecular formula is C15H29N3O2. The molecule has 0 bridgehead atoms. The van der Waals surface area contributed by atoms with Crippen LogP contribution in [-0.2, 0) is 4.79 Å². The first kappa shape index (κ1) is 16.8. The number of nitrogens with one attached hydrogen (secondary N) is 1. The lowest BCUT2D eigenvalue weighted by atomic mass is 9.95. The summed E-state index contributed by atoms with van der Waals surface area (Å²) in [7, 11) is 0. The fourth-order valence-corrected chi connectivity index (χ4v) is 2.91. The van der Waals surface area contributed by atoms with E-state index in [0.717, 1.165) is 38.5 Å². The van der Waals surface area contributed by atoms with Gasteiger partial charge < -0.3 is 16.3 Å². The van der Waals surface area contributed by atoms with Gasteiger partial charge in [-0.15, -0.1) is 0 Å². The Balaban J connectivity index is 2.29. The summed E-state index contributed by atoms with van der Waals surface area (Å²) in [6, 6.07) is 0. The van der Waals surface area contributed by atoms with Gasteiger partial charge in [0.1, 0.15) is 5.54 Å². The Morgan fingerprint density at radius 1 is 1.20 bits per heavy atom. The zero-order chi connectivity index (χ0) is 14.8. The molecule has 0 saturated heterocycles. The maximum absolute atomic E-state index is 12.0. The first-order chi connectivity index (χ1) is 9.64. The van der Waals surface area contributed by atoms with Gasteiger partial charge in [-0.1, -0.05) is 57.0 Å². The monoisotopic (exact) mass is 283 g/mol. The van der Waals surface area contributed by atoms with Crippen molar-refractivity contribution in [3.8, 4) is 0 Å². The van der Waals surface area contributed by atoms with E-state index in [1.54, 1.807) is 0 Å². The maximum atomic E-state index is 12.0. The average Bonchev–Trinajstić information content (AvgIpc) is 2.91. The minimum Gasteiger partial charge on any atom is -0.409 e. The number of hydrogen-bond acceptors (Lipinski definition) is 3. The summed E-state index contributed by atoms with van der Waals surface area (Å²) in [5.41, 5.74) is 5.15. The van der Waals surface area contributed by atoms with E-state index in [2.05, 4.69) is 17.4 Å². The van der Waals surface area contributed by atoms with Crippen molar-refractivity contribution in [1.29, 1.82) is 0 Å². The second-order valence-corrected chi connectivity index (χ2v) is 5.84. The predicted molar refractivity (Wildman–Crippen MR) is 80.7 cm³/mol. The van der Waals surface area contributed by atoms with Crippen molar-refractivity contribution in [2.75, 3.05) is 0 Å². The van der Waals surface area contributed by atoms with Crippen LogP contribution in [0.15, 0.2) is 5.16 Å². The van der Waals surface area contributed by atoms with Gasteiger partial charge >= 0.3 is 0 Å². The summed E-state index contributed by atoms with van der Waals surface area (Å²) < 4.78 is 0. The smallest absolute Gasteiger partial charge is 0.220 e. The zero-order valence-electron chi connectivity index (χ0n) is 12.7. The molecule has 0 aromatic heterocycles. The van der Waals surface area contributed by atoms with Crippen molar-refractivity contribution >= 4 is 11.7 Å². The molecule has 1 fully saturated rings. The van der Waals surface area contributed by atoms with E-state index in [4.69, 9.17) is 10.9 Å². The summed E-state index contributed by atoms with van der Waals surface area (Å²) in [4.78, 5) is 12.0. The van der Waals surface area contributed by atoms with E-state index in [-0.39, 0.29) is 11.7 Å². The largest absolute Gasteiger partial charge is 0.409 e. The number of unbranched alkanes of at least 4 members (excludes halogenated alkanes) is 5. The number of carbonyl (C=O) groups excluding carboxylic acids is 1. The number of nitrogens with two attached hydrogens (primary N) is 1. The van der Waals surface area contributed by atoms with Crippen LogP contribution in [0.2, 0.25) is 0 Å². The Bertz CT molecular complexity index is 323. The average molecular weight is 283 g/mol. The van der Waals surface area contributed by atoms with Crippen LogP contribution in [0.3, 0.4) is 0 Å². The number of hydrogen-bond donors (Lipinski definition) is 3. The fraction of sp³-hybridized carbons (Fsp3) is 0.867.